The molecule has 9 nitrogen and oxygen atoms in total. The first-order valence-electron chi connectivity index (χ1n) is 5.89. The van der Waals surface area contributed by atoms with Crippen LogP contribution in [0.25, 0.3) is 0 Å². The van der Waals surface area contributed by atoms with Crippen LogP contribution in [-0.2, 0) is 11.3 Å². The first-order chi connectivity index (χ1) is 9.06. The lowest BCUT2D eigenvalue weighted by Crippen LogP contribution is -2.36. The molecule has 3 N–H and O–H groups in total. The highest BCUT2D eigenvalue weighted by Crippen LogP contribution is 2.07. The van der Waals surface area contributed by atoms with Crippen molar-refractivity contribution in [3.63, 3.8) is 0 Å². The average Bonchev–Trinajstić information content (AvgIpc) is 2.96. The third kappa shape index (κ3) is 3.48. The van der Waals surface area contributed by atoms with Gasteiger partial charge in [-0.25, -0.2) is 0 Å². The molecule has 0 aromatic carbocycles. The van der Waals surface area contributed by atoms with Gasteiger partial charge in [0, 0.05) is 25.6 Å². The van der Waals surface area contributed by atoms with Crippen LogP contribution in [0, 0.1) is 16.0 Å². The lowest BCUT2D eigenvalue weighted by molar-refractivity contribution is -0.389. The van der Waals surface area contributed by atoms with Crippen LogP contribution < -0.4 is 10.6 Å². The van der Waals surface area contributed by atoms with Gasteiger partial charge >= 0.3 is 5.82 Å². The van der Waals surface area contributed by atoms with Crippen LogP contribution in [0.1, 0.15) is 0 Å². The maximum absolute atomic E-state index is 11.6. The number of nitrogens with zero attached hydrogens (tertiary/aromatic N) is 3. The molecular formula is C10H15N5O4. The lowest BCUT2D eigenvalue weighted by atomic mass is 10.1. The molecule has 1 aliphatic heterocycles. The number of carbonyl (C=O) groups excluding carboxylic acids is 1. The monoisotopic (exact) mass is 269 g/mol. The molecule has 2 unspecified atom stereocenters. The summed E-state index contributed by atoms with van der Waals surface area (Å²) in [6.07, 6.45) is 0.926. The Balaban J connectivity index is 1.78. The number of aliphatic hydroxyl groups excluding tert-OH is 1. The van der Waals surface area contributed by atoms with Gasteiger partial charge < -0.3 is 25.9 Å². The first-order valence-corrected chi connectivity index (χ1v) is 5.89. The topological polar surface area (TPSA) is 122 Å². The van der Waals surface area contributed by atoms with Crippen molar-refractivity contribution in [3.8, 4) is 0 Å². The Hall–Kier alpha value is -2.00. The zero-order valence-corrected chi connectivity index (χ0v) is 10.2. The van der Waals surface area contributed by atoms with Crippen molar-refractivity contribution >= 4 is 11.7 Å². The SMILES string of the molecule is O=C(Cn1ccc([N+](=O)[O-])n1)NCC1CNCC1O. The number of nitro groups is 1. The number of rotatable bonds is 5. The Bertz CT molecular complexity index is 474. The number of hydrogen-bond donors (Lipinski definition) is 3. The largest absolute Gasteiger partial charge is 0.391 e. The van der Waals surface area contributed by atoms with Crippen molar-refractivity contribution in [2.45, 2.75) is 12.6 Å². The smallest absolute Gasteiger partial charge is 0.389 e. The molecule has 104 valence electrons. The third-order valence-electron chi connectivity index (χ3n) is 2.98. The van der Waals surface area contributed by atoms with Crippen molar-refractivity contribution < 1.29 is 14.8 Å². The molecule has 0 aliphatic carbocycles. The summed E-state index contributed by atoms with van der Waals surface area (Å²) in [6, 6.07) is 1.23. The molecule has 1 amide bonds. The predicted molar refractivity (Wildman–Crippen MR) is 64.3 cm³/mol. The highest BCUT2D eigenvalue weighted by atomic mass is 16.6. The van der Waals surface area contributed by atoms with Gasteiger partial charge in [0.1, 0.15) is 6.54 Å². The van der Waals surface area contributed by atoms with Gasteiger partial charge in [-0.3, -0.25) is 4.79 Å². The Morgan fingerprint density at radius 3 is 3.05 bits per heavy atom. The van der Waals surface area contributed by atoms with Gasteiger partial charge in [0.05, 0.1) is 23.5 Å². The Labute approximate surface area is 108 Å². The minimum absolute atomic E-state index is 0.00379. The molecule has 1 fully saturated rings. The van der Waals surface area contributed by atoms with Crippen LogP contribution in [0.15, 0.2) is 12.3 Å². The van der Waals surface area contributed by atoms with Crippen molar-refractivity contribution in [3.05, 3.63) is 22.4 Å². The van der Waals surface area contributed by atoms with Crippen LogP contribution in [0.3, 0.4) is 0 Å². The van der Waals surface area contributed by atoms with E-state index in [1.54, 1.807) is 0 Å². The van der Waals surface area contributed by atoms with E-state index in [1.165, 1.54) is 16.9 Å². The van der Waals surface area contributed by atoms with Gasteiger partial charge in [-0.15, -0.1) is 0 Å². The van der Waals surface area contributed by atoms with E-state index in [4.69, 9.17) is 0 Å². The molecule has 2 heterocycles. The van der Waals surface area contributed by atoms with E-state index in [2.05, 4.69) is 15.7 Å². The number of nitrogens with one attached hydrogen (secondary N) is 2. The first kappa shape index (κ1) is 13.4. The van der Waals surface area contributed by atoms with Gasteiger partial charge in [0.15, 0.2) is 0 Å². The molecule has 0 spiro atoms. The van der Waals surface area contributed by atoms with Gasteiger partial charge in [0.25, 0.3) is 0 Å². The average molecular weight is 269 g/mol. The summed E-state index contributed by atoms with van der Waals surface area (Å²) in [4.78, 5) is 21.4. The molecule has 1 saturated heterocycles. The summed E-state index contributed by atoms with van der Waals surface area (Å²) in [5, 5.41) is 29.3. The van der Waals surface area contributed by atoms with Crippen LogP contribution in [0.2, 0.25) is 0 Å². The summed E-state index contributed by atoms with van der Waals surface area (Å²) in [6.45, 7) is 1.49. The number of aromatic nitrogens is 2. The van der Waals surface area contributed by atoms with Crippen molar-refractivity contribution in [2.75, 3.05) is 19.6 Å². The molecule has 1 aliphatic rings. The molecule has 0 radical (unpaired) electrons. The summed E-state index contributed by atoms with van der Waals surface area (Å²) < 4.78 is 1.21. The maximum Gasteiger partial charge on any atom is 0.389 e. The molecule has 2 atom stereocenters. The van der Waals surface area contributed by atoms with Crippen LogP contribution in [0.5, 0.6) is 0 Å². The molecule has 1 aromatic rings. The van der Waals surface area contributed by atoms with E-state index in [1.807, 2.05) is 0 Å². The van der Waals surface area contributed by atoms with Crippen molar-refractivity contribution in [2.24, 2.45) is 5.92 Å². The van der Waals surface area contributed by atoms with Gasteiger partial charge in [-0.2, -0.15) is 4.68 Å². The quantitative estimate of drug-likeness (QED) is 0.441. The highest BCUT2D eigenvalue weighted by Gasteiger charge is 2.25. The second-order valence-electron chi connectivity index (χ2n) is 4.42. The highest BCUT2D eigenvalue weighted by molar-refractivity contribution is 5.75. The number of hydrogen-bond acceptors (Lipinski definition) is 6. The Kier molecular flexibility index (Phi) is 4.07. The molecule has 19 heavy (non-hydrogen) atoms. The summed E-state index contributed by atoms with van der Waals surface area (Å²) >= 11 is 0. The molecule has 0 bridgehead atoms. The maximum atomic E-state index is 11.6. The zero-order valence-electron chi connectivity index (χ0n) is 10.2. The molecule has 1 aromatic heterocycles. The number of amides is 1. The Morgan fingerprint density at radius 1 is 1.68 bits per heavy atom. The minimum atomic E-state index is -0.616. The summed E-state index contributed by atoms with van der Waals surface area (Å²) in [7, 11) is 0. The standard InChI is InChI=1S/C10H15N5O4/c16-8-5-11-3-7(8)4-12-10(17)6-14-2-1-9(13-14)15(18)19/h1-2,7-8,11,16H,3-6H2,(H,12,17). The second kappa shape index (κ2) is 5.76. The van der Waals surface area contributed by atoms with E-state index in [0.29, 0.717) is 19.6 Å². The summed E-state index contributed by atoms with van der Waals surface area (Å²) in [5.74, 6) is -0.587. The molecule has 2 rings (SSSR count). The van der Waals surface area contributed by atoms with Gasteiger partial charge in [-0.1, -0.05) is 0 Å². The van der Waals surface area contributed by atoms with Crippen LogP contribution >= 0.6 is 0 Å². The fourth-order valence-electron chi connectivity index (χ4n) is 1.91. The third-order valence-corrected chi connectivity index (χ3v) is 2.98. The van der Waals surface area contributed by atoms with Crippen molar-refractivity contribution in [1.29, 1.82) is 0 Å². The summed E-state index contributed by atoms with van der Waals surface area (Å²) in [5.41, 5.74) is 0. The van der Waals surface area contributed by atoms with E-state index in [0.717, 1.165) is 0 Å². The lowest BCUT2D eigenvalue weighted by Gasteiger charge is -2.13. The van der Waals surface area contributed by atoms with E-state index in [9.17, 15) is 20.0 Å². The number of β-amino-alcohol motifs (C(OH)–C–C–N with tert-alkyl or cyclic N) is 1. The molecule has 0 saturated carbocycles. The van der Waals surface area contributed by atoms with Gasteiger partial charge in [-0.05, 0) is 4.92 Å². The van der Waals surface area contributed by atoms with Crippen LogP contribution in [-0.4, -0.2) is 51.5 Å². The fraction of sp³-hybridized carbons (Fsp3) is 0.600. The Morgan fingerprint density at radius 2 is 2.47 bits per heavy atom. The van der Waals surface area contributed by atoms with Gasteiger partial charge in [0.2, 0.25) is 5.91 Å². The van der Waals surface area contributed by atoms with E-state index < -0.39 is 11.0 Å². The number of aliphatic hydroxyl groups is 1. The molecular weight excluding hydrogens is 254 g/mol. The van der Waals surface area contributed by atoms with E-state index >= 15 is 0 Å². The fourth-order valence-corrected chi connectivity index (χ4v) is 1.91. The number of carbonyl (C=O) groups is 1. The second-order valence-corrected chi connectivity index (χ2v) is 4.42. The zero-order chi connectivity index (χ0) is 13.8. The van der Waals surface area contributed by atoms with Crippen LogP contribution in [0.4, 0.5) is 5.82 Å². The predicted octanol–water partition coefficient (Wildman–Crippen LogP) is -1.51. The van der Waals surface area contributed by atoms with E-state index in [-0.39, 0.29) is 24.2 Å². The van der Waals surface area contributed by atoms with Crippen molar-refractivity contribution in [1.82, 2.24) is 20.4 Å². The normalized spacial score (nSPS) is 22.4. The minimum Gasteiger partial charge on any atom is -0.391 e. The molecule has 9 heteroatoms.